The number of aryl methyl sites for hydroxylation is 1. The van der Waals surface area contributed by atoms with Gasteiger partial charge in [-0.1, -0.05) is 26.7 Å². The Balaban J connectivity index is 2.05. The van der Waals surface area contributed by atoms with Crippen LogP contribution in [0.2, 0.25) is 0 Å². The molecule has 0 saturated heterocycles. The van der Waals surface area contributed by atoms with Crippen molar-refractivity contribution in [2.24, 2.45) is 5.92 Å². The highest BCUT2D eigenvalue weighted by Gasteiger charge is 2.23. The van der Waals surface area contributed by atoms with Gasteiger partial charge in [-0.2, -0.15) is 5.10 Å². The molecule has 1 aromatic rings. The number of rotatable bonds is 4. The summed E-state index contributed by atoms with van der Waals surface area (Å²) in [6.45, 7) is 4.43. The predicted octanol–water partition coefficient (Wildman–Crippen LogP) is 4.03. The smallest absolute Gasteiger partial charge is 0.195 e. The molecule has 0 unspecified atom stereocenters. The first-order valence-electron chi connectivity index (χ1n) is 6.92. The fraction of sp³-hybridized carbons (Fsp3) is 0.846. The lowest BCUT2D eigenvalue weighted by atomic mass is 9.83. The van der Waals surface area contributed by atoms with Crippen LogP contribution in [0.25, 0.3) is 0 Å². The quantitative estimate of drug-likeness (QED) is 0.822. The maximum atomic E-state index is 5.35. The molecule has 1 N–H and O–H groups in total. The van der Waals surface area contributed by atoms with Crippen molar-refractivity contribution in [1.29, 1.82) is 0 Å². The second kappa shape index (κ2) is 5.80. The molecular formula is C13H23N3S. The molecule has 4 heteroatoms. The Morgan fingerprint density at radius 2 is 2.00 bits per heavy atom. The molecule has 1 aliphatic rings. The van der Waals surface area contributed by atoms with Crippen molar-refractivity contribution >= 4 is 12.2 Å². The molecule has 1 fully saturated rings. The topological polar surface area (TPSA) is 33.6 Å². The number of aromatic amines is 1. The number of aromatic nitrogens is 3. The lowest BCUT2D eigenvalue weighted by Gasteiger charge is -2.29. The number of hydrogen-bond donors (Lipinski definition) is 1. The average molecular weight is 253 g/mol. The van der Waals surface area contributed by atoms with Crippen LogP contribution in [0.5, 0.6) is 0 Å². The first kappa shape index (κ1) is 12.8. The summed E-state index contributed by atoms with van der Waals surface area (Å²) < 4.78 is 3.07. The molecule has 0 amide bonds. The Kier molecular flexibility index (Phi) is 4.37. The molecule has 1 heterocycles. The zero-order valence-corrected chi connectivity index (χ0v) is 11.7. The van der Waals surface area contributed by atoms with E-state index in [1.165, 1.54) is 38.5 Å². The van der Waals surface area contributed by atoms with Gasteiger partial charge in [0.25, 0.3) is 0 Å². The van der Waals surface area contributed by atoms with Gasteiger partial charge in [0, 0.05) is 12.5 Å². The van der Waals surface area contributed by atoms with E-state index in [2.05, 4.69) is 28.6 Å². The van der Waals surface area contributed by atoms with Crippen LogP contribution in [-0.4, -0.2) is 14.8 Å². The number of nitrogens with zero attached hydrogens (tertiary/aromatic N) is 2. The molecular weight excluding hydrogens is 230 g/mol. The van der Waals surface area contributed by atoms with E-state index >= 15 is 0 Å². The van der Waals surface area contributed by atoms with E-state index in [4.69, 9.17) is 12.2 Å². The summed E-state index contributed by atoms with van der Waals surface area (Å²) in [5, 5.41) is 7.25. The van der Waals surface area contributed by atoms with E-state index in [9.17, 15) is 0 Å². The van der Waals surface area contributed by atoms with Crippen LogP contribution in [0.3, 0.4) is 0 Å². The zero-order valence-electron chi connectivity index (χ0n) is 10.9. The lowest BCUT2D eigenvalue weighted by Crippen LogP contribution is -2.19. The molecule has 1 aliphatic carbocycles. The normalized spacial score (nSPS) is 25.1. The Hall–Kier alpha value is -0.640. The minimum Gasteiger partial charge on any atom is -0.301 e. The molecule has 0 aliphatic heterocycles. The molecule has 0 bridgehead atoms. The third-order valence-electron chi connectivity index (χ3n) is 3.97. The van der Waals surface area contributed by atoms with Crippen LogP contribution < -0.4 is 0 Å². The van der Waals surface area contributed by atoms with Crippen molar-refractivity contribution in [1.82, 2.24) is 14.8 Å². The summed E-state index contributed by atoms with van der Waals surface area (Å²) in [5.74, 6) is 2.07. The highest BCUT2D eigenvalue weighted by atomic mass is 32.1. The summed E-state index contributed by atoms with van der Waals surface area (Å²) >= 11 is 5.35. The minimum atomic E-state index is 0.587. The van der Waals surface area contributed by atoms with Crippen molar-refractivity contribution in [3.8, 4) is 0 Å². The maximum Gasteiger partial charge on any atom is 0.195 e. The molecule has 0 spiro atoms. The van der Waals surface area contributed by atoms with Gasteiger partial charge in [0.05, 0.1) is 0 Å². The fourth-order valence-electron chi connectivity index (χ4n) is 3.06. The van der Waals surface area contributed by atoms with Crippen molar-refractivity contribution in [3.63, 3.8) is 0 Å². The van der Waals surface area contributed by atoms with Gasteiger partial charge in [0.1, 0.15) is 5.82 Å². The van der Waals surface area contributed by atoms with Gasteiger partial charge in [-0.05, 0) is 43.8 Å². The molecule has 17 heavy (non-hydrogen) atoms. The second-order valence-electron chi connectivity index (χ2n) is 5.13. The number of hydrogen-bond acceptors (Lipinski definition) is 2. The molecule has 96 valence electrons. The van der Waals surface area contributed by atoms with Gasteiger partial charge in [-0.25, -0.2) is 0 Å². The predicted molar refractivity (Wildman–Crippen MR) is 72.7 cm³/mol. The van der Waals surface area contributed by atoms with E-state index in [1.807, 2.05) is 0 Å². The third kappa shape index (κ3) is 2.79. The van der Waals surface area contributed by atoms with E-state index in [1.54, 1.807) is 0 Å². The maximum absolute atomic E-state index is 5.35. The Bertz CT molecular complexity index is 399. The Morgan fingerprint density at radius 3 is 2.59 bits per heavy atom. The van der Waals surface area contributed by atoms with Gasteiger partial charge in [-0.15, -0.1) is 0 Å². The van der Waals surface area contributed by atoms with E-state index < -0.39 is 0 Å². The van der Waals surface area contributed by atoms with Crippen LogP contribution >= 0.6 is 12.2 Å². The van der Waals surface area contributed by atoms with Gasteiger partial charge in [0.2, 0.25) is 0 Å². The summed E-state index contributed by atoms with van der Waals surface area (Å²) in [4.78, 5) is 0. The van der Waals surface area contributed by atoms with Crippen LogP contribution in [0.15, 0.2) is 0 Å². The van der Waals surface area contributed by atoms with Gasteiger partial charge in [-0.3, -0.25) is 5.10 Å². The van der Waals surface area contributed by atoms with Crippen LogP contribution in [0.4, 0.5) is 0 Å². The molecule has 1 saturated carbocycles. The molecule has 0 atom stereocenters. The highest BCUT2D eigenvalue weighted by Crippen LogP contribution is 2.34. The van der Waals surface area contributed by atoms with E-state index in [0.29, 0.717) is 6.04 Å². The van der Waals surface area contributed by atoms with Gasteiger partial charge in [0.15, 0.2) is 4.77 Å². The van der Waals surface area contributed by atoms with Crippen LogP contribution in [0, 0.1) is 10.7 Å². The molecule has 1 aromatic heterocycles. The average Bonchev–Trinajstić information content (AvgIpc) is 2.72. The summed E-state index contributed by atoms with van der Waals surface area (Å²) in [5.41, 5.74) is 0. The van der Waals surface area contributed by atoms with Crippen molar-refractivity contribution in [3.05, 3.63) is 10.6 Å². The van der Waals surface area contributed by atoms with E-state index in [-0.39, 0.29) is 0 Å². The molecule has 2 rings (SSSR count). The first-order valence-corrected chi connectivity index (χ1v) is 7.32. The highest BCUT2D eigenvalue weighted by molar-refractivity contribution is 7.71. The lowest BCUT2D eigenvalue weighted by molar-refractivity contribution is 0.258. The monoisotopic (exact) mass is 253 g/mol. The fourth-order valence-corrected chi connectivity index (χ4v) is 3.36. The molecule has 0 aromatic carbocycles. The van der Waals surface area contributed by atoms with Crippen molar-refractivity contribution < 1.29 is 0 Å². The minimum absolute atomic E-state index is 0.587. The van der Waals surface area contributed by atoms with E-state index in [0.717, 1.165) is 22.9 Å². The molecule has 0 radical (unpaired) electrons. The summed E-state index contributed by atoms with van der Waals surface area (Å²) in [6, 6.07) is 0.587. The van der Waals surface area contributed by atoms with Gasteiger partial charge < -0.3 is 4.57 Å². The number of nitrogens with one attached hydrogen (secondary N) is 1. The first-order chi connectivity index (χ1) is 8.26. The van der Waals surface area contributed by atoms with Gasteiger partial charge >= 0.3 is 0 Å². The second-order valence-corrected chi connectivity index (χ2v) is 5.52. The Labute approximate surface area is 109 Å². The largest absolute Gasteiger partial charge is 0.301 e. The standard InChI is InChI=1S/C13H23N3S/c1-3-5-10-6-8-11(9-7-10)16-12(4-2)14-15-13(16)17/h10-11H,3-9H2,1-2H3,(H,15,17). The summed E-state index contributed by atoms with van der Waals surface area (Å²) in [7, 11) is 0. The molecule has 3 nitrogen and oxygen atoms in total. The van der Waals surface area contributed by atoms with Crippen molar-refractivity contribution in [2.75, 3.05) is 0 Å². The van der Waals surface area contributed by atoms with Crippen LogP contribution in [-0.2, 0) is 6.42 Å². The zero-order chi connectivity index (χ0) is 12.3. The summed E-state index contributed by atoms with van der Waals surface area (Å²) in [6.07, 6.45) is 8.92. The van der Waals surface area contributed by atoms with Crippen molar-refractivity contribution in [2.45, 2.75) is 64.8 Å². The Morgan fingerprint density at radius 1 is 1.29 bits per heavy atom. The third-order valence-corrected chi connectivity index (χ3v) is 4.26. The SMILES string of the molecule is CCCC1CCC(n2c(CC)n[nH]c2=S)CC1. The number of H-pyrrole nitrogens is 1. The van der Waals surface area contributed by atoms with Crippen LogP contribution in [0.1, 0.15) is 64.2 Å².